The zero-order chi connectivity index (χ0) is 20.2. The zero-order valence-corrected chi connectivity index (χ0v) is 17.4. The number of hydrogen-bond acceptors (Lipinski definition) is 7. The van der Waals surface area contributed by atoms with E-state index in [-0.39, 0.29) is 0 Å². The minimum absolute atomic E-state index is 0.444. The third-order valence-electron chi connectivity index (χ3n) is 4.25. The molecule has 0 atom stereocenters. The molecule has 0 fully saturated rings. The molecule has 148 valence electrons. The number of hydrogen-bond donors (Lipinski definition) is 0. The van der Waals surface area contributed by atoms with Gasteiger partial charge >= 0.3 is 0 Å². The minimum Gasteiger partial charge on any atom is -0.497 e. The van der Waals surface area contributed by atoms with Crippen LogP contribution in [0.25, 0.3) is 22.8 Å². The SMILES string of the molecule is CCn1c(SCc2noc(-c3cccc(Cl)c3)n2)nnc1-c1ccc(OC)cc1. The third kappa shape index (κ3) is 4.28. The maximum atomic E-state index is 6.03. The molecule has 0 aliphatic heterocycles. The molecule has 0 aliphatic rings. The molecule has 4 aromatic rings. The van der Waals surface area contributed by atoms with Gasteiger partial charge in [-0.05, 0) is 49.4 Å². The summed E-state index contributed by atoms with van der Waals surface area (Å²) in [5.74, 6) is 3.16. The van der Waals surface area contributed by atoms with Crippen LogP contribution in [0, 0.1) is 0 Å². The molecular weight excluding hydrogens is 410 g/mol. The van der Waals surface area contributed by atoms with Crippen molar-refractivity contribution in [2.75, 3.05) is 7.11 Å². The van der Waals surface area contributed by atoms with Crippen molar-refractivity contribution in [3.63, 3.8) is 0 Å². The van der Waals surface area contributed by atoms with Crippen molar-refractivity contribution in [1.82, 2.24) is 24.9 Å². The summed E-state index contributed by atoms with van der Waals surface area (Å²) in [4.78, 5) is 4.45. The minimum atomic E-state index is 0.444. The summed E-state index contributed by atoms with van der Waals surface area (Å²) in [6.07, 6.45) is 0. The van der Waals surface area contributed by atoms with E-state index in [1.165, 1.54) is 11.8 Å². The number of aromatic nitrogens is 5. The van der Waals surface area contributed by atoms with Gasteiger partial charge in [0.25, 0.3) is 5.89 Å². The van der Waals surface area contributed by atoms with Gasteiger partial charge in [0, 0.05) is 22.7 Å². The van der Waals surface area contributed by atoms with Gasteiger partial charge in [-0.1, -0.05) is 34.6 Å². The molecule has 0 bridgehead atoms. The van der Waals surface area contributed by atoms with Gasteiger partial charge in [0.2, 0.25) is 0 Å². The summed E-state index contributed by atoms with van der Waals surface area (Å²) in [7, 11) is 1.65. The Labute approximate surface area is 177 Å². The summed E-state index contributed by atoms with van der Waals surface area (Å²) >= 11 is 7.54. The average molecular weight is 428 g/mol. The topological polar surface area (TPSA) is 78.9 Å². The van der Waals surface area contributed by atoms with Crippen LogP contribution in [0.4, 0.5) is 0 Å². The first kappa shape index (κ1) is 19.5. The molecule has 2 aromatic carbocycles. The molecule has 0 radical (unpaired) electrons. The first-order valence-corrected chi connectivity index (χ1v) is 10.3. The Hall–Kier alpha value is -2.84. The monoisotopic (exact) mass is 427 g/mol. The number of thioether (sulfide) groups is 1. The van der Waals surface area contributed by atoms with Crippen molar-refractivity contribution in [3.05, 3.63) is 59.4 Å². The Bertz CT molecular complexity index is 1110. The van der Waals surface area contributed by atoms with Crippen molar-refractivity contribution >= 4 is 23.4 Å². The Morgan fingerprint density at radius 3 is 2.66 bits per heavy atom. The number of ether oxygens (including phenoxy) is 1. The highest BCUT2D eigenvalue weighted by Gasteiger charge is 2.15. The Morgan fingerprint density at radius 2 is 1.93 bits per heavy atom. The van der Waals surface area contributed by atoms with E-state index < -0.39 is 0 Å². The lowest BCUT2D eigenvalue weighted by Gasteiger charge is -2.07. The van der Waals surface area contributed by atoms with Crippen LogP contribution < -0.4 is 4.74 Å². The summed E-state index contributed by atoms with van der Waals surface area (Å²) in [6, 6.07) is 15.1. The van der Waals surface area contributed by atoms with Crippen LogP contribution in [0.15, 0.2) is 58.2 Å². The molecule has 0 N–H and O–H groups in total. The molecule has 9 heteroatoms. The normalized spacial score (nSPS) is 11.0. The second-order valence-corrected chi connectivity index (χ2v) is 7.47. The van der Waals surface area contributed by atoms with Gasteiger partial charge in [-0.15, -0.1) is 10.2 Å². The zero-order valence-electron chi connectivity index (χ0n) is 15.9. The van der Waals surface area contributed by atoms with Crippen LogP contribution in [-0.4, -0.2) is 32.0 Å². The van der Waals surface area contributed by atoms with Gasteiger partial charge in [0.15, 0.2) is 16.8 Å². The highest BCUT2D eigenvalue weighted by atomic mass is 35.5. The number of nitrogens with zero attached hydrogens (tertiary/aromatic N) is 5. The van der Waals surface area contributed by atoms with Gasteiger partial charge in [-0.2, -0.15) is 4.98 Å². The summed E-state index contributed by atoms with van der Waals surface area (Å²) in [5.41, 5.74) is 1.77. The number of benzene rings is 2. The molecule has 0 amide bonds. The van der Waals surface area contributed by atoms with Gasteiger partial charge in [0.1, 0.15) is 5.75 Å². The van der Waals surface area contributed by atoms with E-state index in [9.17, 15) is 0 Å². The van der Waals surface area contributed by atoms with Gasteiger partial charge in [-0.25, -0.2) is 0 Å². The molecule has 0 saturated carbocycles. The third-order valence-corrected chi connectivity index (χ3v) is 5.45. The predicted octanol–water partition coefficient (Wildman–Crippen LogP) is 4.97. The van der Waals surface area contributed by atoms with Crippen LogP contribution in [0.1, 0.15) is 12.7 Å². The van der Waals surface area contributed by atoms with Crippen molar-refractivity contribution in [3.8, 4) is 28.6 Å². The van der Waals surface area contributed by atoms with Crippen molar-refractivity contribution in [2.24, 2.45) is 0 Å². The number of halogens is 1. The van der Waals surface area contributed by atoms with Gasteiger partial charge in [0.05, 0.1) is 12.9 Å². The molecule has 29 heavy (non-hydrogen) atoms. The molecule has 7 nitrogen and oxygen atoms in total. The van der Waals surface area contributed by atoms with E-state index in [4.69, 9.17) is 20.9 Å². The summed E-state index contributed by atoms with van der Waals surface area (Å²) < 4.78 is 12.6. The Morgan fingerprint density at radius 1 is 1.10 bits per heavy atom. The second-order valence-electron chi connectivity index (χ2n) is 6.09. The van der Waals surface area contributed by atoms with Crippen LogP contribution in [0.3, 0.4) is 0 Å². The number of rotatable bonds is 7. The summed E-state index contributed by atoms with van der Waals surface area (Å²) in [6.45, 7) is 2.81. The average Bonchev–Trinajstić information content (AvgIpc) is 3.39. The van der Waals surface area contributed by atoms with Gasteiger partial charge < -0.3 is 13.8 Å². The molecule has 4 rings (SSSR count). The second kappa shape index (κ2) is 8.67. The van der Waals surface area contributed by atoms with Crippen molar-refractivity contribution in [2.45, 2.75) is 24.4 Å². The van der Waals surface area contributed by atoms with Crippen LogP contribution in [0.5, 0.6) is 5.75 Å². The maximum Gasteiger partial charge on any atom is 0.258 e. The van der Waals surface area contributed by atoms with E-state index >= 15 is 0 Å². The van der Waals surface area contributed by atoms with E-state index in [2.05, 4.69) is 31.8 Å². The molecular formula is C20H18ClN5O2S. The molecule has 0 unspecified atom stereocenters. The standard InChI is InChI=1S/C20H18ClN5O2S/c1-3-26-18(13-7-9-16(27-2)10-8-13)23-24-20(26)29-12-17-22-19(28-25-17)14-5-4-6-15(21)11-14/h4-11H,3,12H2,1-2H3. The highest BCUT2D eigenvalue weighted by molar-refractivity contribution is 7.98. The molecule has 0 aliphatic carbocycles. The molecule has 0 spiro atoms. The van der Waals surface area contributed by atoms with E-state index in [0.717, 1.165) is 34.4 Å². The molecule has 2 aromatic heterocycles. The fraction of sp³-hybridized carbons (Fsp3) is 0.200. The highest BCUT2D eigenvalue weighted by Crippen LogP contribution is 2.28. The predicted molar refractivity (Wildman–Crippen MR) is 112 cm³/mol. The lowest BCUT2D eigenvalue weighted by Crippen LogP contribution is -2.00. The quantitative estimate of drug-likeness (QED) is 0.385. The van der Waals surface area contributed by atoms with E-state index in [1.54, 1.807) is 19.2 Å². The first-order chi connectivity index (χ1) is 14.2. The van der Waals surface area contributed by atoms with E-state index in [1.807, 2.05) is 36.4 Å². The van der Waals surface area contributed by atoms with Crippen LogP contribution in [-0.2, 0) is 12.3 Å². The van der Waals surface area contributed by atoms with Crippen molar-refractivity contribution < 1.29 is 9.26 Å². The summed E-state index contributed by atoms with van der Waals surface area (Å²) in [5, 5.41) is 14.2. The first-order valence-electron chi connectivity index (χ1n) is 8.97. The molecule has 2 heterocycles. The van der Waals surface area contributed by atoms with Crippen LogP contribution >= 0.6 is 23.4 Å². The molecule has 0 saturated heterocycles. The lowest BCUT2D eigenvalue weighted by atomic mass is 10.2. The van der Waals surface area contributed by atoms with Crippen molar-refractivity contribution in [1.29, 1.82) is 0 Å². The van der Waals surface area contributed by atoms with Gasteiger partial charge in [-0.3, -0.25) is 0 Å². The lowest BCUT2D eigenvalue weighted by molar-refractivity contribution is 0.415. The maximum absolute atomic E-state index is 6.03. The Balaban J connectivity index is 1.50. The van der Waals surface area contributed by atoms with Crippen LogP contribution in [0.2, 0.25) is 5.02 Å². The van der Waals surface area contributed by atoms with E-state index in [0.29, 0.717) is 22.5 Å². The fourth-order valence-electron chi connectivity index (χ4n) is 2.81. The Kier molecular flexibility index (Phi) is 5.82. The number of methoxy groups -OCH3 is 1. The largest absolute Gasteiger partial charge is 0.497 e. The fourth-order valence-corrected chi connectivity index (χ4v) is 3.85. The smallest absolute Gasteiger partial charge is 0.258 e.